The van der Waals surface area contributed by atoms with Crippen LogP contribution in [0.1, 0.15) is 32.0 Å². The molecule has 1 aromatic heterocycles. The van der Waals surface area contributed by atoms with Crippen LogP contribution in [-0.4, -0.2) is 47.0 Å². The first-order valence-corrected chi connectivity index (χ1v) is 7.19. The molecule has 2 rings (SSSR count). The smallest absolute Gasteiger partial charge is 0.224 e. The maximum absolute atomic E-state index is 11.9. The van der Waals surface area contributed by atoms with E-state index in [1.807, 2.05) is 18.7 Å². The van der Waals surface area contributed by atoms with Crippen LogP contribution in [-0.2, 0) is 4.79 Å². The van der Waals surface area contributed by atoms with Crippen LogP contribution in [0.25, 0.3) is 0 Å². The largest absolute Gasteiger partial charge is 0.478 e. The van der Waals surface area contributed by atoms with Crippen molar-refractivity contribution in [1.29, 1.82) is 0 Å². The molecule has 0 unspecified atom stereocenters. The summed E-state index contributed by atoms with van der Waals surface area (Å²) in [6.07, 6.45) is 2.75. The minimum atomic E-state index is 0.214. The van der Waals surface area contributed by atoms with Crippen LogP contribution >= 0.6 is 0 Å². The molecule has 6 heteroatoms. The van der Waals surface area contributed by atoms with Gasteiger partial charge >= 0.3 is 0 Å². The molecule has 0 bridgehead atoms. The SMILES string of the molecule is CCOc1cc(NCCC(=O)N2CCCC2)nc(C)n1. The molecule has 1 amide bonds. The van der Waals surface area contributed by atoms with E-state index >= 15 is 0 Å². The molecule has 6 nitrogen and oxygen atoms in total. The average molecular weight is 278 g/mol. The Balaban J connectivity index is 1.82. The molecule has 110 valence electrons. The lowest BCUT2D eigenvalue weighted by atomic mass is 10.3. The lowest BCUT2D eigenvalue weighted by molar-refractivity contribution is -0.129. The molecular weight excluding hydrogens is 256 g/mol. The second kappa shape index (κ2) is 7.07. The molecule has 1 aliphatic rings. The minimum Gasteiger partial charge on any atom is -0.478 e. The highest BCUT2D eigenvalue weighted by atomic mass is 16.5. The summed E-state index contributed by atoms with van der Waals surface area (Å²) >= 11 is 0. The lowest BCUT2D eigenvalue weighted by Gasteiger charge is -2.15. The van der Waals surface area contributed by atoms with Gasteiger partial charge in [-0.25, -0.2) is 4.98 Å². The van der Waals surface area contributed by atoms with Crippen LogP contribution in [0.4, 0.5) is 5.82 Å². The minimum absolute atomic E-state index is 0.214. The van der Waals surface area contributed by atoms with E-state index in [0.717, 1.165) is 25.9 Å². The fourth-order valence-electron chi connectivity index (χ4n) is 2.27. The first kappa shape index (κ1) is 14.6. The molecule has 0 aliphatic carbocycles. The van der Waals surface area contributed by atoms with Gasteiger partial charge < -0.3 is 15.0 Å². The fourth-order valence-corrected chi connectivity index (χ4v) is 2.27. The number of hydrogen-bond acceptors (Lipinski definition) is 5. The second-order valence-corrected chi connectivity index (χ2v) is 4.84. The molecule has 2 heterocycles. The monoisotopic (exact) mass is 278 g/mol. The van der Waals surface area contributed by atoms with Gasteiger partial charge in [0.25, 0.3) is 0 Å². The number of rotatable bonds is 6. The van der Waals surface area contributed by atoms with Crippen LogP contribution in [0, 0.1) is 6.92 Å². The van der Waals surface area contributed by atoms with Gasteiger partial charge in [-0.3, -0.25) is 4.79 Å². The Labute approximate surface area is 119 Å². The summed E-state index contributed by atoms with van der Waals surface area (Å²) in [5.74, 6) is 2.14. The van der Waals surface area contributed by atoms with Crippen molar-refractivity contribution in [3.05, 3.63) is 11.9 Å². The van der Waals surface area contributed by atoms with Gasteiger partial charge in [-0.1, -0.05) is 0 Å². The number of nitrogens with one attached hydrogen (secondary N) is 1. The second-order valence-electron chi connectivity index (χ2n) is 4.84. The van der Waals surface area contributed by atoms with Crippen molar-refractivity contribution in [2.45, 2.75) is 33.1 Å². The Morgan fingerprint density at radius 1 is 1.40 bits per heavy atom. The molecule has 1 aliphatic heterocycles. The van der Waals surface area contributed by atoms with E-state index in [9.17, 15) is 4.79 Å². The van der Waals surface area contributed by atoms with Crippen LogP contribution in [0.15, 0.2) is 6.07 Å². The Morgan fingerprint density at radius 3 is 2.85 bits per heavy atom. The van der Waals surface area contributed by atoms with Crippen LogP contribution in [0.5, 0.6) is 5.88 Å². The third-order valence-corrected chi connectivity index (χ3v) is 3.21. The van der Waals surface area contributed by atoms with Gasteiger partial charge in [0.1, 0.15) is 11.6 Å². The summed E-state index contributed by atoms with van der Waals surface area (Å²) in [5, 5.41) is 3.16. The summed E-state index contributed by atoms with van der Waals surface area (Å²) in [6.45, 7) is 6.70. The van der Waals surface area contributed by atoms with Crippen LogP contribution < -0.4 is 10.1 Å². The average Bonchev–Trinajstić information content (AvgIpc) is 2.92. The highest BCUT2D eigenvalue weighted by molar-refractivity contribution is 5.76. The van der Waals surface area contributed by atoms with Crippen molar-refractivity contribution in [2.24, 2.45) is 0 Å². The molecule has 1 fully saturated rings. The first-order valence-electron chi connectivity index (χ1n) is 7.19. The number of anilines is 1. The fraction of sp³-hybridized carbons (Fsp3) is 0.643. The number of hydrogen-bond donors (Lipinski definition) is 1. The number of likely N-dealkylation sites (tertiary alicyclic amines) is 1. The van der Waals surface area contributed by atoms with Crippen molar-refractivity contribution in [3.8, 4) is 5.88 Å². The third-order valence-electron chi connectivity index (χ3n) is 3.21. The molecule has 1 N–H and O–H groups in total. The van der Waals surface area contributed by atoms with Crippen molar-refractivity contribution >= 4 is 11.7 Å². The summed E-state index contributed by atoms with van der Waals surface area (Å²) in [4.78, 5) is 22.3. The molecule has 0 atom stereocenters. The number of carbonyl (C=O) groups excluding carboxylic acids is 1. The van der Waals surface area contributed by atoms with E-state index in [-0.39, 0.29) is 5.91 Å². The zero-order valence-electron chi connectivity index (χ0n) is 12.2. The molecular formula is C14H22N4O2. The molecule has 0 saturated carbocycles. The van der Waals surface area contributed by atoms with Crippen LogP contribution in [0.3, 0.4) is 0 Å². The Morgan fingerprint density at radius 2 is 2.15 bits per heavy atom. The third kappa shape index (κ3) is 4.08. The van der Waals surface area contributed by atoms with Crippen molar-refractivity contribution < 1.29 is 9.53 Å². The predicted molar refractivity (Wildman–Crippen MR) is 76.9 cm³/mol. The Hall–Kier alpha value is -1.85. The summed E-state index contributed by atoms with van der Waals surface area (Å²) in [6, 6.07) is 1.76. The summed E-state index contributed by atoms with van der Waals surface area (Å²) < 4.78 is 5.37. The van der Waals surface area contributed by atoms with E-state index in [2.05, 4.69) is 15.3 Å². The van der Waals surface area contributed by atoms with E-state index in [1.54, 1.807) is 6.07 Å². The number of aryl methyl sites for hydroxylation is 1. The first-order chi connectivity index (χ1) is 9.69. The van der Waals surface area contributed by atoms with Crippen LogP contribution in [0.2, 0.25) is 0 Å². The number of amides is 1. The summed E-state index contributed by atoms with van der Waals surface area (Å²) in [7, 11) is 0. The number of ether oxygens (including phenoxy) is 1. The van der Waals surface area contributed by atoms with E-state index < -0.39 is 0 Å². The summed E-state index contributed by atoms with van der Waals surface area (Å²) in [5.41, 5.74) is 0. The van der Waals surface area contributed by atoms with Gasteiger partial charge in [0.05, 0.1) is 6.61 Å². The Bertz CT molecular complexity index is 458. The van der Waals surface area contributed by atoms with Crippen molar-refractivity contribution in [2.75, 3.05) is 31.6 Å². The van der Waals surface area contributed by atoms with Gasteiger partial charge in [0.2, 0.25) is 11.8 Å². The number of aromatic nitrogens is 2. The molecule has 0 radical (unpaired) electrons. The normalized spacial score (nSPS) is 14.4. The molecule has 0 spiro atoms. The molecule has 1 saturated heterocycles. The molecule has 1 aromatic rings. The molecule has 0 aromatic carbocycles. The lowest BCUT2D eigenvalue weighted by Crippen LogP contribution is -2.29. The Kier molecular flexibility index (Phi) is 5.15. The number of nitrogens with zero attached hydrogens (tertiary/aromatic N) is 3. The standard InChI is InChI=1S/C14H22N4O2/c1-3-20-13-10-12(16-11(2)17-13)15-7-6-14(19)18-8-4-5-9-18/h10H,3-9H2,1-2H3,(H,15,16,17). The van der Waals surface area contributed by atoms with Gasteiger partial charge in [-0.2, -0.15) is 4.98 Å². The van der Waals surface area contributed by atoms with Gasteiger partial charge in [0, 0.05) is 32.1 Å². The zero-order valence-corrected chi connectivity index (χ0v) is 12.2. The van der Waals surface area contributed by atoms with Crippen molar-refractivity contribution in [1.82, 2.24) is 14.9 Å². The van der Waals surface area contributed by atoms with Crippen molar-refractivity contribution in [3.63, 3.8) is 0 Å². The molecule has 20 heavy (non-hydrogen) atoms. The van der Waals surface area contributed by atoms with E-state index in [0.29, 0.717) is 37.1 Å². The van der Waals surface area contributed by atoms with Gasteiger partial charge in [0.15, 0.2) is 0 Å². The topological polar surface area (TPSA) is 67.3 Å². The van der Waals surface area contributed by atoms with E-state index in [4.69, 9.17) is 4.74 Å². The predicted octanol–water partition coefficient (Wildman–Crippen LogP) is 1.61. The maximum Gasteiger partial charge on any atom is 0.224 e. The van der Waals surface area contributed by atoms with Gasteiger partial charge in [-0.05, 0) is 26.7 Å². The quantitative estimate of drug-likeness (QED) is 0.856. The highest BCUT2D eigenvalue weighted by Crippen LogP contribution is 2.14. The van der Waals surface area contributed by atoms with E-state index in [1.165, 1.54) is 0 Å². The highest BCUT2D eigenvalue weighted by Gasteiger charge is 2.17. The zero-order chi connectivity index (χ0) is 14.4. The number of carbonyl (C=O) groups is 1. The van der Waals surface area contributed by atoms with Gasteiger partial charge in [-0.15, -0.1) is 0 Å². The maximum atomic E-state index is 11.9.